The second-order valence-electron chi connectivity index (χ2n) is 5.15. The molecule has 1 aliphatic heterocycles. The number of carbonyl (C=O) groups excluding carboxylic acids is 1. The fourth-order valence-electron chi connectivity index (χ4n) is 2.45. The molecule has 114 valence electrons. The molecule has 1 aliphatic rings. The molecule has 0 radical (unpaired) electrons. The molecular formula is C15H20N2O4. The molecule has 2 N–H and O–H groups in total. The highest BCUT2D eigenvalue weighted by molar-refractivity contribution is 5.94. The number of methoxy groups -OCH3 is 1. The van der Waals surface area contributed by atoms with Crippen LogP contribution in [0.15, 0.2) is 24.3 Å². The smallest absolute Gasteiger partial charge is 0.307 e. The summed E-state index contributed by atoms with van der Waals surface area (Å²) < 4.78 is 5.08. The lowest BCUT2D eigenvalue weighted by Crippen LogP contribution is -2.44. The number of carboxylic acid groups (broad SMARTS) is 1. The van der Waals surface area contributed by atoms with Crippen LogP contribution in [0.3, 0.4) is 0 Å². The molecule has 0 aliphatic carbocycles. The molecule has 6 nitrogen and oxygen atoms in total. The lowest BCUT2D eigenvalue weighted by atomic mass is 9.99. The molecule has 21 heavy (non-hydrogen) atoms. The Morgan fingerprint density at radius 2 is 2.29 bits per heavy atom. The zero-order valence-electron chi connectivity index (χ0n) is 12.0. The summed E-state index contributed by atoms with van der Waals surface area (Å²) >= 11 is 0. The van der Waals surface area contributed by atoms with Crippen LogP contribution in [0.5, 0.6) is 5.75 Å². The van der Waals surface area contributed by atoms with Gasteiger partial charge in [0, 0.05) is 12.1 Å². The van der Waals surface area contributed by atoms with Gasteiger partial charge in [0.1, 0.15) is 5.75 Å². The van der Waals surface area contributed by atoms with Crippen LogP contribution in [-0.2, 0) is 4.79 Å². The number of nitrogens with zero attached hydrogens (tertiary/aromatic N) is 1. The van der Waals surface area contributed by atoms with E-state index in [9.17, 15) is 9.59 Å². The average Bonchev–Trinajstić information content (AvgIpc) is 2.53. The number of hydrogen-bond donors (Lipinski definition) is 2. The third-order valence-corrected chi connectivity index (χ3v) is 3.65. The number of piperidine rings is 1. The molecule has 1 atom stereocenters. The number of benzene rings is 1. The maximum absolute atomic E-state index is 12.1. The van der Waals surface area contributed by atoms with Crippen molar-refractivity contribution < 1.29 is 19.4 Å². The zero-order valence-corrected chi connectivity index (χ0v) is 12.0. The first-order chi connectivity index (χ1) is 10.1. The third-order valence-electron chi connectivity index (χ3n) is 3.65. The maximum atomic E-state index is 12.1. The van der Waals surface area contributed by atoms with E-state index in [1.54, 1.807) is 31.4 Å². The first-order valence-corrected chi connectivity index (χ1v) is 6.97. The number of hydrogen-bond acceptors (Lipinski definition) is 4. The van der Waals surface area contributed by atoms with Crippen molar-refractivity contribution in [3.05, 3.63) is 29.8 Å². The van der Waals surface area contributed by atoms with Gasteiger partial charge < -0.3 is 15.2 Å². The SMILES string of the molecule is COc1cccc(C(=O)NCN2CCCC(C(=O)O)C2)c1. The molecule has 1 fully saturated rings. The largest absolute Gasteiger partial charge is 0.497 e. The quantitative estimate of drug-likeness (QED) is 0.852. The number of ether oxygens (including phenoxy) is 1. The van der Waals surface area contributed by atoms with Crippen LogP contribution in [0.4, 0.5) is 0 Å². The molecule has 0 aromatic heterocycles. The van der Waals surface area contributed by atoms with E-state index in [0.717, 1.165) is 13.0 Å². The number of aliphatic carboxylic acids is 1. The summed E-state index contributed by atoms with van der Waals surface area (Å²) in [5, 5.41) is 11.9. The Kier molecular flexibility index (Phi) is 5.16. The van der Waals surface area contributed by atoms with Gasteiger partial charge in [-0.15, -0.1) is 0 Å². The lowest BCUT2D eigenvalue weighted by molar-refractivity contribution is -0.143. The van der Waals surface area contributed by atoms with E-state index in [4.69, 9.17) is 9.84 Å². The van der Waals surface area contributed by atoms with Crippen molar-refractivity contribution >= 4 is 11.9 Å². The van der Waals surface area contributed by atoms with Crippen LogP contribution in [0.25, 0.3) is 0 Å². The Hall–Kier alpha value is -2.08. The molecule has 0 bridgehead atoms. The van der Waals surface area contributed by atoms with Crippen molar-refractivity contribution in [2.45, 2.75) is 12.8 Å². The number of rotatable bonds is 5. The van der Waals surface area contributed by atoms with Gasteiger partial charge in [0.05, 0.1) is 19.7 Å². The number of amides is 1. The predicted molar refractivity (Wildman–Crippen MR) is 77.3 cm³/mol. The number of carbonyl (C=O) groups is 2. The molecule has 2 rings (SSSR count). The van der Waals surface area contributed by atoms with Gasteiger partial charge in [-0.3, -0.25) is 14.5 Å². The van der Waals surface area contributed by atoms with Crippen LogP contribution in [0.2, 0.25) is 0 Å². The van der Waals surface area contributed by atoms with Gasteiger partial charge in [0.15, 0.2) is 0 Å². The standard InChI is InChI=1S/C15H20N2O4/c1-21-13-6-2-4-11(8-13)14(18)16-10-17-7-3-5-12(9-17)15(19)20/h2,4,6,8,12H,3,5,7,9-10H2,1H3,(H,16,18)(H,19,20). The highest BCUT2D eigenvalue weighted by Crippen LogP contribution is 2.16. The fraction of sp³-hybridized carbons (Fsp3) is 0.467. The van der Waals surface area contributed by atoms with E-state index in [2.05, 4.69) is 5.32 Å². The summed E-state index contributed by atoms with van der Waals surface area (Å²) in [6, 6.07) is 6.92. The van der Waals surface area contributed by atoms with Crippen molar-refractivity contribution in [3.8, 4) is 5.75 Å². The van der Waals surface area contributed by atoms with Gasteiger partial charge >= 0.3 is 5.97 Å². The first kappa shape index (κ1) is 15.3. The van der Waals surface area contributed by atoms with Gasteiger partial charge in [-0.2, -0.15) is 0 Å². The average molecular weight is 292 g/mol. The summed E-state index contributed by atoms with van der Waals surface area (Å²) in [4.78, 5) is 25.0. The van der Waals surface area contributed by atoms with Gasteiger partial charge in [0.25, 0.3) is 5.91 Å². The Labute approximate surface area is 123 Å². The van der Waals surface area contributed by atoms with Crippen molar-refractivity contribution in [2.24, 2.45) is 5.92 Å². The van der Waals surface area contributed by atoms with Crippen molar-refractivity contribution in [3.63, 3.8) is 0 Å². The molecule has 1 aromatic rings. The minimum Gasteiger partial charge on any atom is -0.497 e. The summed E-state index contributed by atoms with van der Waals surface area (Å²) in [7, 11) is 1.55. The minimum absolute atomic E-state index is 0.189. The Bertz CT molecular complexity index is 518. The predicted octanol–water partition coefficient (Wildman–Crippen LogP) is 1.18. The summed E-state index contributed by atoms with van der Waals surface area (Å²) in [5.41, 5.74) is 0.529. The van der Waals surface area contributed by atoms with E-state index >= 15 is 0 Å². The van der Waals surface area contributed by atoms with Crippen molar-refractivity contribution in [1.82, 2.24) is 10.2 Å². The molecule has 1 unspecified atom stereocenters. The molecule has 1 heterocycles. The Morgan fingerprint density at radius 3 is 3.00 bits per heavy atom. The maximum Gasteiger partial charge on any atom is 0.307 e. The second kappa shape index (κ2) is 7.08. The van der Waals surface area contributed by atoms with E-state index in [-0.39, 0.29) is 11.8 Å². The molecule has 1 aromatic carbocycles. The van der Waals surface area contributed by atoms with Crippen LogP contribution >= 0.6 is 0 Å². The summed E-state index contributed by atoms with van der Waals surface area (Å²) in [6.07, 6.45) is 1.54. The first-order valence-electron chi connectivity index (χ1n) is 6.97. The van der Waals surface area contributed by atoms with Crippen LogP contribution in [-0.4, -0.2) is 48.8 Å². The second-order valence-corrected chi connectivity index (χ2v) is 5.15. The normalized spacial score (nSPS) is 19.0. The molecular weight excluding hydrogens is 272 g/mol. The number of carboxylic acids is 1. The zero-order chi connectivity index (χ0) is 15.2. The minimum atomic E-state index is -0.765. The highest BCUT2D eigenvalue weighted by atomic mass is 16.5. The molecule has 6 heteroatoms. The molecule has 0 saturated carbocycles. The van der Waals surface area contributed by atoms with Gasteiger partial charge in [0.2, 0.25) is 0 Å². The summed E-state index contributed by atoms with van der Waals surface area (Å²) in [6.45, 7) is 1.65. The van der Waals surface area contributed by atoms with E-state index in [1.165, 1.54) is 0 Å². The Morgan fingerprint density at radius 1 is 1.48 bits per heavy atom. The number of nitrogens with one attached hydrogen (secondary N) is 1. The third kappa shape index (κ3) is 4.19. The van der Waals surface area contributed by atoms with Gasteiger partial charge in [-0.1, -0.05) is 6.07 Å². The lowest BCUT2D eigenvalue weighted by Gasteiger charge is -2.30. The molecule has 0 spiro atoms. The monoisotopic (exact) mass is 292 g/mol. The van der Waals surface area contributed by atoms with Crippen molar-refractivity contribution in [2.75, 3.05) is 26.9 Å². The van der Waals surface area contributed by atoms with E-state index in [1.807, 2.05) is 4.90 Å². The topological polar surface area (TPSA) is 78.9 Å². The number of likely N-dealkylation sites (tertiary alicyclic amines) is 1. The van der Waals surface area contributed by atoms with E-state index < -0.39 is 5.97 Å². The molecule has 1 saturated heterocycles. The summed E-state index contributed by atoms with van der Waals surface area (Å²) in [5.74, 6) is -0.663. The molecule has 1 amide bonds. The highest BCUT2D eigenvalue weighted by Gasteiger charge is 2.25. The van der Waals surface area contributed by atoms with Crippen molar-refractivity contribution in [1.29, 1.82) is 0 Å². The fourth-order valence-corrected chi connectivity index (χ4v) is 2.45. The van der Waals surface area contributed by atoms with Gasteiger partial charge in [-0.05, 0) is 37.6 Å². The van der Waals surface area contributed by atoms with Crippen LogP contribution in [0.1, 0.15) is 23.2 Å². The van der Waals surface area contributed by atoms with Crippen LogP contribution < -0.4 is 10.1 Å². The van der Waals surface area contributed by atoms with Gasteiger partial charge in [-0.25, -0.2) is 0 Å². The van der Waals surface area contributed by atoms with E-state index in [0.29, 0.717) is 30.9 Å². The Balaban J connectivity index is 1.87. The van der Waals surface area contributed by atoms with Crippen LogP contribution in [0, 0.1) is 5.92 Å².